The molecule has 2 rings (SSSR count). The van der Waals surface area contributed by atoms with Crippen LogP contribution >= 0.6 is 0 Å². The fourth-order valence-electron chi connectivity index (χ4n) is 2.27. The zero-order chi connectivity index (χ0) is 14.5. The van der Waals surface area contributed by atoms with Crippen LogP contribution in [0.3, 0.4) is 0 Å². The summed E-state index contributed by atoms with van der Waals surface area (Å²) >= 11 is 0. The van der Waals surface area contributed by atoms with Crippen molar-refractivity contribution < 1.29 is 18.3 Å². The summed E-state index contributed by atoms with van der Waals surface area (Å²) in [4.78, 5) is 0. The lowest BCUT2D eigenvalue weighted by molar-refractivity contribution is 0.0650. The molecular weight excluding hydrogens is 264 g/mol. The van der Waals surface area contributed by atoms with Crippen LogP contribution in [-0.2, 0) is 11.2 Å². The molecule has 1 saturated heterocycles. The molecule has 1 fully saturated rings. The second kappa shape index (κ2) is 6.99. The predicted octanol–water partition coefficient (Wildman–Crippen LogP) is 2.80. The van der Waals surface area contributed by atoms with Gasteiger partial charge in [0, 0.05) is 12.6 Å². The van der Waals surface area contributed by atoms with Gasteiger partial charge in [-0.1, -0.05) is 6.92 Å². The Balaban J connectivity index is 2.01. The van der Waals surface area contributed by atoms with E-state index in [-0.39, 0.29) is 24.5 Å². The van der Waals surface area contributed by atoms with Crippen LogP contribution in [0.4, 0.5) is 8.78 Å². The first-order chi connectivity index (χ1) is 9.60. The van der Waals surface area contributed by atoms with Crippen LogP contribution in [0.2, 0.25) is 0 Å². The van der Waals surface area contributed by atoms with Gasteiger partial charge in [0.25, 0.3) is 0 Å². The highest BCUT2D eigenvalue weighted by atomic mass is 19.1. The van der Waals surface area contributed by atoms with E-state index < -0.39 is 11.6 Å². The summed E-state index contributed by atoms with van der Waals surface area (Å²) in [6, 6.07) is 2.50. The van der Waals surface area contributed by atoms with Gasteiger partial charge < -0.3 is 15.2 Å². The molecule has 2 atom stereocenters. The largest absolute Gasteiger partial charge is 0.485 e. The maximum absolute atomic E-state index is 13.9. The Morgan fingerprint density at radius 2 is 2.10 bits per heavy atom. The molecule has 0 bridgehead atoms. The minimum Gasteiger partial charge on any atom is -0.485 e. The van der Waals surface area contributed by atoms with Gasteiger partial charge in [0.05, 0.1) is 6.10 Å². The molecule has 2 unspecified atom stereocenters. The van der Waals surface area contributed by atoms with E-state index in [9.17, 15) is 8.78 Å². The first kappa shape index (κ1) is 15.2. The Hall–Kier alpha value is -1.20. The van der Waals surface area contributed by atoms with Crippen LogP contribution < -0.4 is 10.5 Å². The molecule has 1 aromatic carbocycles. The number of hydrogen-bond acceptors (Lipinski definition) is 3. The fourth-order valence-corrected chi connectivity index (χ4v) is 2.27. The van der Waals surface area contributed by atoms with Crippen molar-refractivity contribution in [3.8, 4) is 5.75 Å². The summed E-state index contributed by atoms with van der Waals surface area (Å²) < 4.78 is 38.4. The molecule has 1 aliphatic rings. The van der Waals surface area contributed by atoms with E-state index in [0.29, 0.717) is 18.6 Å². The minimum atomic E-state index is -0.679. The lowest BCUT2D eigenvalue weighted by atomic mass is 10.0. The molecule has 112 valence electrons. The minimum absolute atomic E-state index is 0.0676. The molecular formula is C15H21F2NO2. The normalized spacial score (nSPS) is 20.1. The number of ether oxygens (including phenoxy) is 2. The monoisotopic (exact) mass is 285 g/mol. The molecule has 0 radical (unpaired) electrons. The van der Waals surface area contributed by atoms with Gasteiger partial charge in [0.2, 0.25) is 0 Å². The van der Waals surface area contributed by atoms with Gasteiger partial charge >= 0.3 is 0 Å². The molecule has 0 aliphatic carbocycles. The molecule has 5 heteroatoms. The van der Waals surface area contributed by atoms with Gasteiger partial charge in [-0.2, -0.15) is 0 Å². The van der Waals surface area contributed by atoms with E-state index in [1.54, 1.807) is 0 Å². The standard InChI is InChI=1S/C15H21F2NO2/c1-2-11(18)6-10-7-13(16)15(14(17)8-10)20-9-12-4-3-5-19-12/h7-8,11-12H,2-6,9,18H2,1H3. The molecule has 0 spiro atoms. The Kier molecular flexibility index (Phi) is 5.31. The lowest BCUT2D eigenvalue weighted by Crippen LogP contribution is -2.21. The molecule has 0 saturated carbocycles. The van der Waals surface area contributed by atoms with E-state index in [1.165, 1.54) is 12.1 Å². The Morgan fingerprint density at radius 3 is 2.65 bits per heavy atom. The number of rotatable bonds is 6. The zero-order valence-electron chi connectivity index (χ0n) is 11.7. The van der Waals surface area contributed by atoms with Crippen molar-refractivity contribution in [2.45, 2.75) is 44.8 Å². The average Bonchev–Trinajstić information content (AvgIpc) is 2.90. The summed E-state index contributed by atoms with van der Waals surface area (Å²) in [5.41, 5.74) is 6.35. The van der Waals surface area contributed by atoms with Gasteiger partial charge in [0.1, 0.15) is 6.61 Å². The number of halogens is 2. The van der Waals surface area contributed by atoms with E-state index >= 15 is 0 Å². The third-order valence-electron chi connectivity index (χ3n) is 3.52. The first-order valence-corrected chi connectivity index (χ1v) is 7.08. The average molecular weight is 285 g/mol. The molecule has 0 amide bonds. The predicted molar refractivity (Wildman–Crippen MR) is 72.8 cm³/mol. The maximum Gasteiger partial charge on any atom is 0.190 e. The van der Waals surface area contributed by atoms with Gasteiger partial charge in [-0.25, -0.2) is 8.78 Å². The molecule has 1 heterocycles. The van der Waals surface area contributed by atoms with Crippen molar-refractivity contribution in [1.29, 1.82) is 0 Å². The van der Waals surface area contributed by atoms with Gasteiger partial charge in [-0.3, -0.25) is 0 Å². The van der Waals surface area contributed by atoms with Crippen LogP contribution in [0.1, 0.15) is 31.7 Å². The van der Waals surface area contributed by atoms with E-state index in [1.807, 2.05) is 6.92 Å². The Labute approximate surface area is 118 Å². The highest BCUT2D eigenvalue weighted by Gasteiger charge is 2.19. The van der Waals surface area contributed by atoms with E-state index in [2.05, 4.69) is 0 Å². The highest BCUT2D eigenvalue weighted by Crippen LogP contribution is 2.25. The lowest BCUT2D eigenvalue weighted by Gasteiger charge is -2.14. The van der Waals surface area contributed by atoms with Crippen molar-refractivity contribution in [3.05, 3.63) is 29.3 Å². The molecule has 0 aromatic heterocycles. The molecule has 1 aromatic rings. The molecule has 2 N–H and O–H groups in total. The van der Waals surface area contributed by atoms with E-state index in [4.69, 9.17) is 15.2 Å². The number of hydrogen-bond donors (Lipinski definition) is 1. The first-order valence-electron chi connectivity index (χ1n) is 7.08. The van der Waals surface area contributed by atoms with Crippen LogP contribution in [0.15, 0.2) is 12.1 Å². The third kappa shape index (κ3) is 3.90. The van der Waals surface area contributed by atoms with Crippen molar-refractivity contribution in [1.82, 2.24) is 0 Å². The Morgan fingerprint density at radius 1 is 1.40 bits per heavy atom. The van der Waals surface area contributed by atoms with Crippen LogP contribution in [0, 0.1) is 11.6 Å². The topological polar surface area (TPSA) is 44.5 Å². The van der Waals surface area contributed by atoms with E-state index in [0.717, 1.165) is 19.3 Å². The van der Waals surface area contributed by atoms with Crippen molar-refractivity contribution in [3.63, 3.8) is 0 Å². The molecule has 1 aliphatic heterocycles. The van der Waals surface area contributed by atoms with Crippen molar-refractivity contribution in [2.75, 3.05) is 13.2 Å². The smallest absolute Gasteiger partial charge is 0.190 e. The van der Waals surface area contributed by atoms with Crippen LogP contribution in [0.25, 0.3) is 0 Å². The molecule has 3 nitrogen and oxygen atoms in total. The Bertz CT molecular complexity index is 424. The number of benzene rings is 1. The van der Waals surface area contributed by atoms with Crippen molar-refractivity contribution in [2.24, 2.45) is 5.73 Å². The van der Waals surface area contributed by atoms with Gasteiger partial charge in [0.15, 0.2) is 17.4 Å². The third-order valence-corrected chi connectivity index (χ3v) is 3.52. The van der Waals surface area contributed by atoms with Gasteiger partial charge in [-0.15, -0.1) is 0 Å². The second-order valence-electron chi connectivity index (χ2n) is 5.21. The van der Waals surface area contributed by atoms with Crippen molar-refractivity contribution >= 4 is 0 Å². The summed E-state index contributed by atoms with van der Waals surface area (Å²) in [5.74, 6) is -1.68. The summed E-state index contributed by atoms with van der Waals surface area (Å²) in [7, 11) is 0. The fraction of sp³-hybridized carbons (Fsp3) is 0.600. The second-order valence-corrected chi connectivity index (χ2v) is 5.21. The van der Waals surface area contributed by atoms with Gasteiger partial charge in [-0.05, 0) is 43.4 Å². The summed E-state index contributed by atoms with van der Waals surface area (Å²) in [6.07, 6.45) is 2.98. The maximum atomic E-state index is 13.9. The quantitative estimate of drug-likeness (QED) is 0.874. The highest BCUT2D eigenvalue weighted by molar-refractivity contribution is 5.31. The molecule has 20 heavy (non-hydrogen) atoms. The van der Waals surface area contributed by atoms with Crippen LogP contribution in [0.5, 0.6) is 5.75 Å². The summed E-state index contributed by atoms with van der Waals surface area (Å²) in [5, 5.41) is 0. The number of nitrogens with two attached hydrogens (primary N) is 1. The summed E-state index contributed by atoms with van der Waals surface area (Å²) in [6.45, 7) is 2.81. The van der Waals surface area contributed by atoms with Crippen LogP contribution in [-0.4, -0.2) is 25.4 Å². The SMILES string of the molecule is CCC(N)Cc1cc(F)c(OCC2CCCO2)c(F)c1. The zero-order valence-corrected chi connectivity index (χ0v) is 11.7.